The molecule has 0 aliphatic carbocycles. The first kappa shape index (κ1) is 12.5. The lowest BCUT2D eigenvalue weighted by atomic mass is 10.1. The number of fused-ring (bicyclic) bond motifs is 1. The Bertz CT molecular complexity index is 501. The minimum absolute atomic E-state index is 0.0278. The third-order valence-electron chi connectivity index (χ3n) is 4.07. The average molecular weight is 260 g/mol. The Balaban J connectivity index is 1.84. The van der Waals surface area contributed by atoms with Gasteiger partial charge in [0.1, 0.15) is 12.4 Å². The smallest absolute Gasteiger partial charge is 0.239 e. The number of hydrogen-bond donors (Lipinski definition) is 0. The molecule has 4 nitrogen and oxygen atoms in total. The predicted molar refractivity (Wildman–Crippen MR) is 73.1 cm³/mol. The molecule has 0 N–H and O–H groups in total. The Labute approximate surface area is 113 Å². The van der Waals surface area contributed by atoms with E-state index in [2.05, 4.69) is 24.0 Å². The van der Waals surface area contributed by atoms with Crippen LogP contribution in [0.5, 0.6) is 5.75 Å². The summed E-state index contributed by atoms with van der Waals surface area (Å²) in [4.78, 5) is 16.2. The van der Waals surface area contributed by atoms with Crippen LogP contribution in [0.25, 0.3) is 0 Å². The van der Waals surface area contributed by atoms with Crippen LogP contribution in [0.15, 0.2) is 18.2 Å². The second-order valence-corrected chi connectivity index (χ2v) is 5.49. The maximum Gasteiger partial charge on any atom is 0.239 e. The highest BCUT2D eigenvalue weighted by Crippen LogP contribution is 2.27. The van der Waals surface area contributed by atoms with E-state index < -0.39 is 0 Å². The van der Waals surface area contributed by atoms with Crippen molar-refractivity contribution < 1.29 is 9.53 Å². The molecule has 4 heteroatoms. The van der Waals surface area contributed by atoms with Crippen molar-refractivity contribution in [3.05, 3.63) is 29.3 Å². The number of likely N-dealkylation sites (tertiary alicyclic amines) is 1. The molecular weight excluding hydrogens is 240 g/mol. The van der Waals surface area contributed by atoms with Gasteiger partial charge < -0.3 is 9.64 Å². The van der Waals surface area contributed by atoms with Crippen LogP contribution in [0.1, 0.15) is 17.5 Å². The van der Waals surface area contributed by atoms with Gasteiger partial charge in [-0.1, -0.05) is 17.7 Å². The number of carbonyl (C=O) groups excluding carboxylic acids is 1. The number of ether oxygens (including phenoxy) is 1. The fourth-order valence-corrected chi connectivity index (χ4v) is 2.95. The van der Waals surface area contributed by atoms with Crippen molar-refractivity contribution in [2.45, 2.75) is 25.9 Å². The minimum atomic E-state index is 0.0278. The summed E-state index contributed by atoms with van der Waals surface area (Å²) in [6.45, 7) is 5.23. The van der Waals surface area contributed by atoms with E-state index in [0.29, 0.717) is 6.61 Å². The van der Waals surface area contributed by atoms with Gasteiger partial charge >= 0.3 is 0 Å². The van der Waals surface area contributed by atoms with Crippen molar-refractivity contribution >= 4 is 5.91 Å². The summed E-state index contributed by atoms with van der Waals surface area (Å²) in [5, 5.41) is 0. The quantitative estimate of drug-likeness (QED) is 0.765. The third kappa shape index (κ3) is 2.32. The SMILES string of the molecule is Cc1ccc2c(c1)CN(C1CCN(C)C1=O)CCO2. The molecule has 1 unspecified atom stereocenters. The molecular formula is C15H20N2O2. The minimum Gasteiger partial charge on any atom is -0.492 e. The molecule has 1 aromatic carbocycles. The summed E-state index contributed by atoms with van der Waals surface area (Å²) < 4.78 is 5.79. The first-order chi connectivity index (χ1) is 9.15. The topological polar surface area (TPSA) is 32.8 Å². The summed E-state index contributed by atoms with van der Waals surface area (Å²) in [6.07, 6.45) is 0.927. The maximum atomic E-state index is 12.1. The second kappa shape index (κ2) is 4.85. The van der Waals surface area contributed by atoms with Gasteiger partial charge in [0.25, 0.3) is 0 Å². The van der Waals surface area contributed by atoms with Gasteiger partial charge in [0.05, 0.1) is 6.04 Å². The van der Waals surface area contributed by atoms with Crippen LogP contribution < -0.4 is 4.74 Å². The number of rotatable bonds is 1. The summed E-state index contributed by atoms with van der Waals surface area (Å²) in [6, 6.07) is 6.30. The number of hydrogen-bond acceptors (Lipinski definition) is 3. The lowest BCUT2D eigenvalue weighted by Crippen LogP contribution is -2.41. The van der Waals surface area contributed by atoms with Gasteiger partial charge in [-0.25, -0.2) is 0 Å². The van der Waals surface area contributed by atoms with E-state index in [4.69, 9.17) is 4.74 Å². The standard InChI is InChI=1S/C15H20N2O2/c1-11-3-4-14-12(9-11)10-17(7-8-19-14)13-5-6-16(2)15(13)18/h3-4,9,13H,5-8,10H2,1-2H3. The van der Waals surface area contributed by atoms with Crippen LogP contribution in [-0.4, -0.2) is 48.5 Å². The van der Waals surface area contributed by atoms with Gasteiger partial charge in [-0.2, -0.15) is 0 Å². The first-order valence-electron chi connectivity index (χ1n) is 6.86. The van der Waals surface area contributed by atoms with Gasteiger partial charge in [-0.15, -0.1) is 0 Å². The van der Waals surface area contributed by atoms with E-state index in [1.54, 1.807) is 0 Å². The predicted octanol–water partition coefficient (Wildman–Crippen LogP) is 1.42. The van der Waals surface area contributed by atoms with Gasteiger partial charge in [0.2, 0.25) is 5.91 Å². The molecule has 0 spiro atoms. The highest BCUT2D eigenvalue weighted by Gasteiger charge is 2.34. The van der Waals surface area contributed by atoms with E-state index in [1.165, 1.54) is 11.1 Å². The largest absolute Gasteiger partial charge is 0.492 e. The molecule has 102 valence electrons. The maximum absolute atomic E-state index is 12.1. The molecule has 1 aromatic rings. The molecule has 19 heavy (non-hydrogen) atoms. The van der Waals surface area contributed by atoms with Crippen LogP contribution in [0, 0.1) is 6.92 Å². The van der Waals surface area contributed by atoms with Crippen molar-refractivity contribution in [1.29, 1.82) is 0 Å². The van der Waals surface area contributed by atoms with Gasteiger partial charge in [0.15, 0.2) is 0 Å². The normalized spacial score (nSPS) is 24.0. The number of aryl methyl sites for hydroxylation is 1. The first-order valence-corrected chi connectivity index (χ1v) is 6.86. The Morgan fingerprint density at radius 3 is 2.89 bits per heavy atom. The van der Waals surface area contributed by atoms with E-state index >= 15 is 0 Å². The summed E-state index contributed by atoms with van der Waals surface area (Å²) in [5.41, 5.74) is 2.43. The highest BCUT2D eigenvalue weighted by atomic mass is 16.5. The van der Waals surface area contributed by atoms with E-state index in [0.717, 1.165) is 31.8 Å². The molecule has 1 amide bonds. The molecule has 0 aromatic heterocycles. The van der Waals surface area contributed by atoms with E-state index in [-0.39, 0.29) is 11.9 Å². The van der Waals surface area contributed by atoms with Crippen LogP contribution in [0.4, 0.5) is 0 Å². The summed E-state index contributed by atoms with van der Waals surface area (Å²) in [5.74, 6) is 1.21. The molecule has 1 atom stereocenters. The average Bonchev–Trinajstić information content (AvgIpc) is 2.62. The second-order valence-electron chi connectivity index (χ2n) is 5.49. The van der Waals surface area contributed by atoms with Crippen molar-refractivity contribution in [3.8, 4) is 5.75 Å². The molecule has 2 aliphatic heterocycles. The fourth-order valence-electron chi connectivity index (χ4n) is 2.95. The molecule has 1 saturated heterocycles. The number of likely N-dealkylation sites (N-methyl/N-ethyl adjacent to an activating group) is 1. The zero-order valence-corrected chi connectivity index (χ0v) is 11.6. The molecule has 2 heterocycles. The fraction of sp³-hybridized carbons (Fsp3) is 0.533. The molecule has 0 radical (unpaired) electrons. The Hall–Kier alpha value is -1.55. The van der Waals surface area contributed by atoms with Crippen LogP contribution >= 0.6 is 0 Å². The van der Waals surface area contributed by atoms with E-state index in [9.17, 15) is 4.79 Å². The lowest BCUT2D eigenvalue weighted by molar-refractivity contribution is -0.131. The number of amides is 1. The van der Waals surface area contributed by atoms with Gasteiger partial charge in [0, 0.05) is 32.2 Å². The highest BCUT2D eigenvalue weighted by molar-refractivity contribution is 5.83. The third-order valence-corrected chi connectivity index (χ3v) is 4.07. The van der Waals surface area contributed by atoms with Crippen molar-refractivity contribution in [3.63, 3.8) is 0 Å². The molecule has 3 rings (SSSR count). The Morgan fingerprint density at radius 1 is 1.32 bits per heavy atom. The number of nitrogens with zero attached hydrogens (tertiary/aromatic N) is 2. The molecule has 0 bridgehead atoms. The van der Waals surface area contributed by atoms with Crippen molar-refractivity contribution in [1.82, 2.24) is 9.80 Å². The molecule has 2 aliphatic rings. The van der Waals surface area contributed by atoms with Crippen LogP contribution in [0.2, 0.25) is 0 Å². The van der Waals surface area contributed by atoms with Crippen molar-refractivity contribution in [2.24, 2.45) is 0 Å². The Kier molecular flexibility index (Phi) is 3.19. The molecule has 1 fully saturated rings. The van der Waals surface area contributed by atoms with E-state index in [1.807, 2.05) is 18.0 Å². The monoisotopic (exact) mass is 260 g/mol. The lowest BCUT2D eigenvalue weighted by Gasteiger charge is -2.25. The van der Waals surface area contributed by atoms with Crippen molar-refractivity contribution in [2.75, 3.05) is 26.7 Å². The zero-order chi connectivity index (χ0) is 13.4. The van der Waals surface area contributed by atoms with Crippen LogP contribution in [0.3, 0.4) is 0 Å². The molecule has 0 saturated carbocycles. The van der Waals surface area contributed by atoms with Gasteiger partial charge in [-0.05, 0) is 19.4 Å². The number of carbonyl (C=O) groups is 1. The number of benzene rings is 1. The van der Waals surface area contributed by atoms with Crippen LogP contribution in [-0.2, 0) is 11.3 Å². The summed E-state index contributed by atoms with van der Waals surface area (Å²) in [7, 11) is 1.88. The van der Waals surface area contributed by atoms with Gasteiger partial charge in [-0.3, -0.25) is 9.69 Å². The Morgan fingerprint density at radius 2 is 2.16 bits per heavy atom. The zero-order valence-electron chi connectivity index (χ0n) is 11.6. The summed E-state index contributed by atoms with van der Waals surface area (Å²) >= 11 is 0.